The number of rotatable bonds is 7. The van der Waals surface area contributed by atoms with Crippen molar-refractivity contribution in [3.05, 3.63) is 56.5 Å². The van der Waals surface area contributed by atoms with E-state index >= 15 is 0 Å². The van der Waals surface area contributed by atoms with Gasteiger partial charge >= 0.3 is 0 Å². The van der Waals surface area contributed by atoms with Crippen molar-refractivity contribution in [3.8, 4) is 5.75 Å². The molecule has 2 N–H and O–H groups in total. The van der Waals surface area contributed by atoms with Gasteiger partial charge < -0.3 is 15.0 Å². The summed E-state index contributed by atoms with van der Waals surface area (Å²) in [7, 11) is 1.80. The third-order valence-corrected chi connectivity index (χ3v) is 4.92. The second kappa shape index (κ2) is 8.48. The number of aromatic amines is 1. The highest BCUT2D eigenvalue weighted by atomic mass is 35.5. The summed E-state index contributed by atoms with van der Waals surface area (Å²) in [4.78, 5) is 27.4. The molecular formula is C20H23ClN4O3. The molecule has 0 aliphatic carbocycles. The van der Waals surface area contributed by atoms with E-state index in [1.807, 2.05) is 13.8 Å². The van der Waals surface area contributed by atoms with Crippen molar-refractivity contribution in [2.24, 2.45) is 7.05 Å². The topological polar surface area (TPSA) is 89.0 Å². The highest BCUT2D eigenvalue weighted by Gasteiger charge is 2.15. The molecule has 0 aliphatic rings. The van der Waals surface area contributed by atoms with Gasteiger partial charge in [0.2, 0.25) is 5.91 Å². The number of halogens is 1. The number of aromatic nitrogens is 3. The van der Waals surface area contributed by atoms with Gasteiger partial charge in [-0.15, -0.1) is 0 Å². The quantitative estimate of drug-likeness (QED) is 0.594. The average Bonchev–Trinajstić information content (AvgIpc) is 2.93. The minimum atomic E-state index is -0.174. The highest BCUT2D eigenvalue weighted by Crippen LogP contribution is 2.21. The largest absolute Gasteiger partial charge is 0.492 e. The van der Waals surface area contributed by atoms with E-state index < -0.39 is 0 Å². The number of carbonyl (C=O) groups is 1. The third-order valence-electron chi connectivity index (χ3n) is 4.66. The smallest absolute Gasteiger partial charge is 0.253 e. The Labute approximate surface area is 167 Å². The van der Waals surface area contributed by atoms with Gasteiger partial charge in [0.15, 0.2) is 0 Å². The first-order valence-electron chi connectivity index (χ1n) is 9.07. The van der Waals surface area contributed by atoms with Gasteiger partial charge in [-0.2, -0.15) is 5.10 Å². The number of nitrogens with one attached hydrogen (secondary N) is 2. The minimum absolute atomic E-state index is 0.124. The van der Waals surface area contributed by atoms with Gasteiger partial charge in [0.05, 0.1) is 12.2 Å². The van der Waals surface area contributed by atoms with Gasteiger partial charge in [0.1, 0.15) is 18.0 Å². The molecule has 2 heterocycles. The van der Waals surface area contributed by atoms with Crippen LogP contribution in [0.3, 0.4) is 0 Å². The first-order valence-corrected chi connectivity index (χ1v) is 9.44. The number of ether oxygens (including phenoxy) is 1. The third kappa shape index (κ3) is 4.36. The number of carbonyl (C=O) groups excluding carboxylic acids is 1. The summed E-state index contributed by atoms with van der Waals surface area (Å²) in [6, 6.07) is 7.04. The van der Waals surface area contributed by atoms with Crippen molar-refractivity contribution >= 4 is 28.5 Å². The fourth-order valence-electron chi connectivity index (χ4n) is 3.27. The molecule has 7 nitrogen and oxygen atoms in total. The Morgan fingerprint density at radius 3 is 2.71 bits per heavy atom. The summed E-state index contributed by atoms with van der Waals surface area (Å²) < 4.78 is 7.20. The fraction of sp³-hybridized carbons (Fsp3) is 0.350. The van der Waals surface area contributed by atoms with Crippen molar-refractivity contribution in [2.45, 2.75) is 26.7 Å². The van der Waals surface area contributed by atoms with Gasteiger partial charge in [0, 0.05) is 29.4 Å². The number of H-pyrrole nitrogens is 1. The van der Waals surface area contributed by atoms with Crippen LogP contribution < -0.4 is 15.6 Å². The number of hydrogen-bond donors (Lipinski definition) is 2. The summed E-state index contributed by atoms with van der Waals surface area (Å²) in [5, 5.41) is 8.74. The molecule has 0 unspecified atom stereocenters. The van der Waals surface area contributed by atoms with Crippen LogP contribution in [0.5, 0.6) is 5.75 Å². The second-order valence-electron chi connectivity index (χ2n) is 6.64. The number of nitrogens with zero attached hydrogens (tertiary/aromatic N) is 2. The lowest BCUT2D eigenvalue weighted by Gasteiger charge is -2.09. The van der Waals surface area contributed by atoms with E-state index in [1.54, 1.807) is 36.0 Å². The molecule has 28 heavy (non-hydrogen) atoms. The van der Waals surface area contributed by atoms with Gasteiger partial charge in [0.25, 0.3) is 5.56 Å². The Bertz CT molecular complexity index is 1050. The molecule has 0 saturated heterocycles. The summed E-state index contributed by atoms with van der Waals surface area (Å²) >= 11 is 5.82. The summed E-state index contributed by atoms with van der Waals surface area (Å²) in [6.45, 7) is 4.55. The zero-order valence-corrected chi connectivity index (χ0v) is 16.9. The summed E-state index contributed by atoms with van der Waals surface area (Å²) in [5.74, 6) is 0.572. The van der Waals surface area contributed by atoms with E-state index in [4.69, 9.17) is 16.3 Å². The van der Waals surface area contributed by atoms with Crippen LogP contribution in [0.2, 0.25) is 5.02 Å². The van der Waals surface area contributed by atoms with Crippen molar-refractivity contribution < 1.29 is 9.53 Å². The predicted molar refractivity (Wildman–Crippen MR) is 109 cm³/mol. The maximum atomic E-state index is 12.4. The lowest BCUT2D eigenvalue weighted by Crippen LogP contribution is -2.29. The van der Waals surface area contributed by atoms with Crippen molar-refractivity contribution in [1.82, 2.24) is 20.1 Å². The Balaban J connectivity index is 1.54. The first kappa shape index (κ1) is 19.9. The first-order chi connectivity index (χ1) is 13.4. The highest BCUT2D eigenvalue weighted by molar-refractivity contribution is 6.30. The molecule has 0 saturated carbocycles. The van der Waals surface area contributed by atoms with Crippen LogP contribution in [-0.2, 0) is 18.3 Å². The van der Waals surface area contributed by atoms with Crippen LogP contribution in [-0.4, -0.2) is 33.8 Å². The second-order valence-corrected chi connectivity index (χ2v) is 7.08. The Hall–Kier alpha value is -2.80. The van der Waals surface area contributed by atoms with E-state index in [2.05, 4.69) is 15.4 Å². The van der Waals surface area contributed by atoms with Gasteiger partial charge in [-0.05, 0) is 50.1 Å². The minimum Gasteiger partial charge on any atom is -0.492 e. The maximum Gasteiger partial charge on any atom is 0.253 e. The van der Waals surface area contributed by atoms with Gasteiger partial charge in [-0.1, -0.05) is 11.6 Å². The molecule has 2 aromatic heterocycles. The predicted octanol–water partition coefficient (Wildman–Crippen LogP) is 2.66. The number of amides is 1. The van der Waals surface area contributed by atoms with Crippen molar-refractivity contribution in [2.75, 3.05) is 13.2 Å². The summed E-state index contributed by atoms with van der Waals surface area (Å²) in [5.41, 5.74) is 2.88. The molecule has 0 aliphatic heterocycles. The molecule has 0 spiro atoms. The normalized spacial score (nSPS) is 11.0. The molecular weight excluding hydrogens is 380 g/mol. The van der Waals surface area contributed by atoms with Crippen molar-refractivity contribution in [1.29, 1.82) is 0 Å². The van der Waals surface area contributed by atoms with Crippen LogP contribution in [0.25, 0.3) is 11.0 Å². The molecule has 3 rings (SSSR count). The van der Waals surface area contributed by atoms with Crippen LogP contribution in [0.1, 0.15) is 23.2 Å². The fourth-order valence-corrected chi connectivity index (χ4v) is 3.40. The molecule has 148 valence electrons. The number of aryl methyl sites for hydroxylation is 3. The molecule has 3 aromatic rings. The van der Waals surface area contributed by atoms with Crippen LogP contribution >= 0.6 is 11.6 Å². The number of hydrogen-bond acceptors (Lipinski definition) is 4. The molecule has 1 aromatic carbocycles. The van der Waals surface area contributed by atoms with Crippen LogP contribution in [0, 0.1) is 13.8 Å². The molecule has 0 bridgehead atoms. The molecule has 0 atom stereocenters. The van der Waals surface area contributed by atoms with Crippen LogP contribution in [0.4, 0.5) is 0 Å². The maximum absolute atomic E-state index is 12.4. The lowest BCUT2D eigenvalue weighted by molar-refractivity contribution is -0.121. The van der Waals surface area contributed by atoms with E-state index in [0.29, 0.717) is 41.6 Å². The summed E-state index contributed by atoms with van der Waals surface area (Å²) in [6.07, 6.45) is 0.602. The molecule has 0 fully saturated rings. The van der Waals surface area contributed by atoms with Crippen LogP contribution in [0.15, 0.2) is 29.1 Å². The van der Waals surface area contributed by atoms with Gasteiger partial charge in [-0.25, -0.2) is 0 Å². The number of fused-ring (bicyclic) bond motifs is 1. The van der Waals surface area contributed by atoms with E-state index in [-0.39, 0.29) is 17.9 Å². The standard InChI is InChI=1S/C20H23ClN4O3/c1-12-16(20(27)23-19-18(12)13(2)24-25(19)3)8-9-17(26)22-10-11-28-15-6-4-14(21)5-7-15/h4-7H,8-11H2,1-3H3,(H,22,26)(H,23,27). The zero-order chi connectivity index (χ0) is 20.3. The average molecular weight is 403 g/mol. The monoisotopic (exact) mass is 402 g/mol. The molecule has 8 heteroatoms. The zero-order valence-electron chi connectivity index (χ0n) is 16.1. The molecule has 0 radical (unpaired) electrons. The van der Waals surface area contributed by atoms with E-state index in [9.17, 15) is 9.59 Å². The number of benzene rings is 1. The van der Waals surface area contributed by atoms with E-state index in [0.717, 1.165) is 16.6 Å². The SMILES string of the molecule is Cc1nn(C)c2[nH]c(=O)c(CCC(=O)NCCOc3ccc(Cl)cc3)c(C)c12. The Kier molecular flexibility index (Phi) is 6.04. The van der Waals surface area contributed by atoms with Gasteiger partial charge in [-0.3, -0.25) is 14.3 Å². The Morgan fingerprint density at radius 2 is 2.00 bits per heavy atom. The van der Waals surface area contributed by atoms with E-state index in [1.165, 1.54) is 0 Å². The number of pyridine rings is 1. The van der Waals surface area contributed by atoms with Crippen molar-refractivity contribution in [3.63, 3.8) is 0 Å². The Morgan fingerprint density at radius 1 is 1.29 bits per heavy atom. The molecule has 1 amide bonds. The lowest BCUT2D eigenvalue weighted by atomic mass is 10.0.